The van der Waals surface area contributed by atoms with E-state index in [4.69, 9.17) is 30.9 Å². The summed E-state index contributed by atoms with van der Waals surface area (Å²) in [4.78, 5) is 0. The minimum Gasteiger partial charge on any atom is -0.497 e. The van der Waals surface area contributed by atoms with E-state index in [0.717, 1.165) is 40.3 Å². The van der Waals surface area contributed by atoms with Crippen LogP contribution in [-0.2, 0) is 0 Å². The number of rotatable bonds is 4. The zero-order chi connectivity index (χ0) is 20.7. The van der Waals surface area contributed by atoms with Crippen molar-refractivity contribution in [2.24, 2.45) is 5.10 Å². The molecule has 0 saturated carbocycles. The van der Waals surface area contributed by atoms with Crippen molar-refractivity contribution >= 4 is 17.3 Å². The first-order chi connectivity index (χ1) is 14.7. The molecule has 0 aliphatic carbocycles. The highest BCUT2D eigenvalue weighted by Gasteiger charge is 2.41. The molecule has 2 aliphatic heterocycles. The molecule has 152 valence electrons. The second-order valence-corrected chi connectivity index (χ2v) is 7.71. The van der Waals surface area contributed by atoms with Crippen LogP contribution in [0.1, 0.15) is 35.4 Å². The standard InChI is InChI=1S/C24H21ClN2O3/c1-28-17-11-12-19(23(13-17)29-2)24-27-21(18-5-3-4-6-22(18)30-24)14-20(26-27)15-7-9-16(25)10-8-15/h3-13,21,24H,14H2,1-2H3/t21-,24+/m1/s1. The van der Waals surface area contributed by atoms with Gasteiger partial charge in [0.1, 0.15) is 17.2 Å². The first-order valence-corrected chi connectivity index (χ1v) is 10.1. The number of methoxy groups -OCH3 is 2. The summed E-state index contributed by atoms with van der Waals surface area (Å²) >= 11 is 6.07. The zero-order valence-electron chi connectivity index (χ0n) is 16.7. The Morgan fingerprint density at radius 1 is 0.967 bits per heavy atom. The molecule has 0 amide bonds. The van der Waals surface area contributed by atoms with Crippen molar-refractivity contribution in [3.05, 3.63) is 88.4 Å². The maximum atomic E-state index is 6.43. The average molecular weight is 421 g/mol. The number of nitrogens with zero attached hydrogens (tertiary/aromatic N) is 2. The van der Waals surface area contributed by atoms with Gasteiger partial charge in [0, 0.05) is 23.1 Å². The van der Waals surface area contributed by atoms with Crippen LogP contribution in [0, 0.1) is 0 Å². The van der Waals surface area contributed by atoms with Gasteiger partial charge in [0.2, 0.25) is 6.23 Å². The topological polar surface area (TPSA) is 43.3 Å². The number of fused-ring (bicyclic) bond motifs is 3. The number of hydrazone groups is 1. The lowest BCUT2D eigenvalue weighted by Crippen LogP contribution is -2.33. The van der Waals surface area contributed by atoms with Gasteiger partial charge in [-0.25, -0.2) is 5.01 Å². The molecule has 6 heteroatoms. The minimum absolute atomic E-state index is 0.0810. The van der Waals surface area contributed by atoms with Crippen molar-refractivity contribution in [2.45, 2.75) is 18.7 Å². The van der Waals surface area contributed by atoms with Gasteiger partial charge >= 0.3 is 0 Å². The van der Waals surface area contributed by atoms with Gasteiger partial charge in [-0.1, -0.05) is 41.9 Å². The Hall–Kier alpha value is -3.18. The molecule has 2 heterocycles. The predicted molar refractivity (Wildman–Crippen MR) is 117 cm³/mol. The smallest absolute Gasteiger partial charge is 0.217 e. The van der Waals surface area contributed by atoms with Gasteiger partial charge in [0.15, 0.2) is 0 Å². The Labute approximate surface area is 180 Å². The van der Waals surface area contributed by atoms with E-state index in [1.54, 1.807) is 14.2 Å². The van der Waals surface area contributed by atoms with Crippen LogP contribution in [0.3, 0.4) is 0 Å². The molecular weight excluding hydrogens is 400 g/mol. The first-order valence-electron chi connectivity index (χ1n) is 9.77. The Morgan fingerprint density at radius 2 is 1.77 bits per heavy atom. The number of para-hydroxylation sites is 1. The lowest BCUT2D eigenvalue weighted by Gasteiger charge is -2.38. The summed E-state index contributed by atoms with van der Waals surface area (Å²) in [5.41, 5.74) is 4.11. The molecule has 3 aromatic rings. The van der Waals surface area contributed by atoms with E-state index in [0.29, 0.717) is 10.8 Å². The van der Waals surface area contributed by atoms with Crippen LogP contribution >= 0.6 is 11.6 Å². The Balaban J connectivity index is 1.60. The molecule has 0 radical (unpaired) electrons. The van der Waals surface area contributed by atoms with Crippen LogP contribution < -0.4 is 14.2 Å². The van der Waals surface area contributed by atoms with Gasteiger partial charge in [-0.15, -0.1) is 0 Å². The summed E-state index contributed by atoms with van der Waals surface area (Å²) in [5.74, 6) is 2.30. The van der Waals surface area contributed by atoms with E-state index in [2.05, 4.69) is 6.07 Å². The third kappa shape index (κ3) is 3.15. The van der Waals surface area contributed by atoms with E-state index in [9.17, 15) is 0 Å². The second-order valence-electron chi connectivity index (χ2n) is 7.27. The molecule has 5 nitrogen and oxygen atoms in total. The lowest BCUT2D eigenvalue weighted by atomic mass is 9.96. The highest BCUT2D eigenvalue weighted by Crippen LogP contribution is 2.49. The molecule has 0 spiro atoms. The van der Waals surface area contributed by atoms with Crippen molar-refractivity contribution in [3.8, 4) is 17.2 Å². The normalized spacial score (nSPS) is 19.4. The fourth-order valence-electron chi connectivity index (χ4n) is 4.08. The molecule has 30 heavy (non-hydrogen) atoms. The average Bonchev–Trinajstić information content (AvgIpc) is 3.24. The van der Waals surface area contributed by atoms with Crippen LogP contribution in [-0.4, -0.2) is 24.9 Å². The molecule has 0 bridgehead atoms. The van der Waals surface area contributed by atoms with E-state index in [-0.39, 0.29) is 6.04 Å². The third-order valence-electron chi connectivity index (χ3n) is 5.58. The van der Waals surface area contributed by atoms with E-state index < -0.39 is 6.23 Å². The van der Waals surface area contributed by atoms with Gasteiger partial charge in [-0.2, -0.15) is 5.10 Å². The van der Waals surface area contributed by atoms with E-state index in [1.807, 2.05) is 65.7 Å². The Morgan fingerprint density at radius 3 is 2.53 bits per heavy atom. The lowest BCUT2D eigenvalue weighted by molar-refractivity contribution is -0.0203. The number of hydrogen-bond acceptors (Lipinski definition) is 5. The zero-order valence-corrected chi connectivity index (χ0v) is 17.5. The highest BCUT2D eigenvalue weighted by atomic mass is 35.5. The number of benzene rings is 3. The van der Waals surface area contributed by atoms with Crippen molar-refractivity contribution in [1.82, 2.24) is 5.01 Å². The highest BCUT2D eigenvalue weighted by molar-refractivity contribution is 6.30. The summed E-state index contributed by atoms with van der Waals surface area (Å²) in [6.07, 6.45) is 0.382. The summed E-state index contributed by atoms with van der Waals surface area (Å²) in [5, 5.41) is 7.73. The van der Waals surface area contributed by atoms with Crippen LogP contribution in [0.4, 0.5) is 0 Å². The first kappa shape index (κ1) is 18.8. The molecule has 0 fully saturated rings. The van der Waals surface area contributed by atoms with E-state index >= 15 is 0 Å². The maximum Gasteiger partial charge on any atom is 0.217 e. The number of halogens is 1. The molecule has 0 saturated heterocycles. The molecule has 3 aromatic carbocycles. The van der Waals surface area contributed by atoms with Crippen LogP contribution in [0.2, 0.25) is 5.02 Å². The van der Waals surface area contributed by atoms with Gasteiger partial charge in [0.25, 0.3) is 0 Å². The van der Waals surface area contributed by atoms with Gasteiger partial charge < -0.3 is 14.2 Å². The summed E-state index contributed by atoms with van der Waals surface area (Å²) in [6.45, 7) is 0. The van der Waals surface area contributed by atoms with E-state index in [1.165, 1.54) is 0 Å². The summed E-state index contributed by atoms with van der Waals surface area (Å²) in [6, 6.07) is 21.8. The molecule has 2 aliphatic rings. The predicted octanol–water partition coefficient (Wildman–Crippen LogP) is 5.60. The molecule has 0 aromatic heterocycles. The fourth-order valence-corrected chi connectivity index (χ4v) is 4.20. The molecule has 0 N–H and O–H groups in total. The molecule has 2 atom stereocenters. The second kappa shape index (κ2) is 7.58. The van der Waals surface area contributed by atoms with Crippen molar-refractivity contribution in [3.63, 3.8) is 0 Å². The van der Waals surface area contributed by atoms with Gasteiger partial charge in [-0.3, -0.25) is 0 Å². The van der Waals surface area contributed by atoms with Crippen molar-refractivity contribution in [1.29, 1.82) is 0 Å². The Kier molecular flexibility index (Phi) is 4.75. The monoisotopic (exact) mass is 420 g/mol. The number of hydrogen-bond donors (Lipinski definition) is 0. The summed E-state index contributed by atoms with van der Waals surface area (Å²) < 4.78 is 17.4. The summed E-state index contributed by atoms with van der Waals surface area (Å²) in [7, 11) is 3.29. The van der Waals surface area contributed by atoms with Crippen LogP contribution in [0.15, 0.2) is 71.8 Å². The molecule has 5 rings (SSSR count). The molecule has 0 unspecified atom stereocenters. The van der Waals surface area contributed by atoms with Crippen molar-refractivity contribution < 1.29 is 14.2 Å². The SMILES string of the molecule is COc1ccc([C@@H]2Oc3ccccc3[C@H]3CC(c4ccc(Cl)cc4)=NN32)c(OC)c1. The quantitative estimate of drug-likeness (QED) is 0.551. The molecular formula is C24H21ClN2O3. The number of ether oxygens (including phenoxy) is 3. The van der Waals surface area contributed by atoms with Gasteiger partial charge in [0.05, 0.1) is 31.5 Å². The largest absolute Gasteiger partial charge is 0.497 e. The fraction of sp³-hybridized carbons (Fsp3) is 0.208. The Bertz CT molecular complexity index is 1110. The van der Waals surface area contributed by atoms with Gasteiger partial charge in [-0.05, 0) is 35.9 Å². The minimum atomic E-state index is -0.407. The maximum absolute atomic E-state index is 6.43. The van der Waals surface area contributed by atoms with Crippen LogP contribution in [0.5, 0.6) is 17.2 Å². The van der Waals surface area contributed by atoms with Crippen molar-refractivity contribution in [2.75, 3.05) is 14.2 Å². The third-order valence-corrected chi connectivity index (χ3v) is 5.84. The van der Waals surface area contributed by atoms with Crippen LogP contribution in [0.25, 0.3) is 0 Å².